The summed E-state index contributed by atoms with van der Waals surface area (Å²) >= 11 is 3.25. The molecule has 0 saturated carbocycles. The fourth-order valence-corrected chi connectivity index (χ4v) is 1.86. The average molecular weight is 345 g/mol. The van der Waals surface area contributed by atoms with Crippen molar-refractivity contribution in [2.75, 3.05) is 5.32 Å². The monoisotopic (exact) mass is 344 g/mol. The largest absolute Gasteiger partial charge is 0.433 e. The van der Waals surface area contributed by atoms with Crippen LogP contribution in [-0.2, 0) is 6.18 Å². The predicted octanol–water partition coefficient (Wildman–Crippen LogP) is 4.12. The smallest absolute Gasteiger partial charge is 0.322 e. The number of aromatic nitrogens is 1. The summed E-state index contributed by atoms with van der Waals surface area (Å²) < 4.78 is 37.8. The van der Waals surface area contributed by atoms with Crippen LogP contribution in [0.25, 0.3) is 0 Å². The fraction of sp³-hybridized carbons (Fsp3) is 0.0769. The van der Waals surface area contributed by atoms with Gasteiger partial charge in [-0.1, -0.05) is 22.0 Å². The first kappa shape index (κ1) is 14.5. The maximum Gasteiger partial charge on any atom is 0.433 e. The van der Waals surface area contributed by atoms with Gasteiger partial charge in [0.15, 0.2) is 0 Å². The molecule has 1 aromatic carbocycles. The van der Waals surface area contributed by atoms with Crippen molar-refractivity contribution in [2.24, 2.45) is 0 Å². The highest BCUT2D eigenvalue weighted by Crippen LogP contribution is 2.27. The van der Waals surface area contributed by atoms with Crippen molar-refractivity contribution in [3.05, 3.63) is 58.3 Å². The standard InChI is InChI=1S/C13H8BrF3N2O/c14-9-2-1-3-10(6-9)19-12(20)8-4-5-11(18-7-8)13(15,16)17/h1-7H,(H,19,20). The Labute approximate surface area is 121 Å². The molecule has 0 saturated heterocycles. The Morgan fingerprint density at radius 2 is 1.95 bits per heavy atom. The number of rotatable bonds is 2. The molecule has 1 heterocycles. The highest BCUT2D eigenvalue weighted by atomic mass is 79.9. The van der Waals surface area contributed by atoms with Gasteiger partial charge in [0, 0.05) is 16.4 Å². The van der Waals surface area contributed by atoms with Crippen LogP contribution in [0, 0.1) is 0 Å². The van der Waals surface area contributed by atoms with E-state index in [2.05, 4.69) is 26.2 Å². The van der Waals surface area contributed by atoms with Crippen LogP contribution in [0.2, 0.25) is 0 Å². The molecular formula is C13H8BrF3N2O. The van der Waals surface area contributed by atoms with Gasteiger partial charge in [0.2, 0.25) is 0 Å². The van der Waals surface area contributed by atoms with Gasteiger partial charge in [0.05, 0.1) is 5.56 Å². The molecule has 1 aromatic heterocycles. The molecule has 0 atom stereocenters. The summed E-state index contributed by atoms with van der Waals surface area (Å²) in [6, 6.07) is 8.72. The van der Waals surface area contributed by atoms with Gasteiger partial charge in [-0.25, -0.2) is 0 Å². The second-order valence-corrected chi connectivity index (χ2v) is 4.81. The molecule has 2 rings (SSSR count). The molecule has 0 spiro atoms. The van der Waals surface area contributed by atoms with Crippen molar-refractivity contribution in [1.82, 2.24) is 4.98 Å². The topological polar surface area (TPSA) is 42.0 Å². The third-order valence-electron chi connectivity index (χ3n) is 2.40. The second kappa shape index (κ2) is 5.62. The Bertz CT molecular complexity index is 626. The van der Waals surface area contributed by atoms with Crippen molar-refractivity contribution >= 4 is 27.5 Å². The maximum atomic E-state index is 12.3. The number of nitrogens with zero attached hydrogens (tertiary/aromatic N) is 1. The Morgan fingerprint density at radius 1 is 1.20 bits per heavy atom. The number of pyridine rings is 1. The summed E-state index contributed by atoms with van der Waals surface area (Å²) in [6.45, 7) is 0. The molecule has 0 bridgehead atoms. The minimum atomic E-state index is -4.51. The lowest BCUT2D eigenvalue weighted by Crippen LogP contribution is -2.14. The molecule has 0 aliphatic heterocycles. The number of alkyl halides is 3. The molecule has 2 aromatic rings. The van der Waals surface area contributed by atoms with E-state index in [0.717, 1.165) is 22.8 Å². The van der Waals surface area contributed by atoms with Crippen LogP contribution in [0.3, 0.4) is 0 Å². The van der Waals surface area contributed by atoms with Crippen LogP contribution in [0.5, 0.6) is 0 Å². The second-order valence-electron chi connectivity index (χ2n) is 3.89. The Kier molecular flexibility index (Phi) is 4.08. The van der Waals surface area contributed by atoms with Crippen LogP contribution in [-0.4, -0.2) is 10.9 Å². The maximum absolute atomic E-state index is 12.3. The summed E-state index contributed by atoms with van der Waals surface area (Å²) in [5, 5.41) is 2.57. The number of hydrogen-bond donors (Lipinski definition) is 1. The number of amides is 1. The molecule has 20 heavy (non-hydrogen) atoms. The lowest BCUT2D eigenvalue weighted by Gasteiger charge is -2.07. The molecule has 0 aliphatic rings. The number of nitrogens with one attached hydrogen (secondary N) is 1. The van der Waals surface area contributed by atoms with Crippen LogP contribution < -0.4 is 5.32 Å². The van der Waals surface area contributed by atoms with Crippen molar-refractivity contribution in [3.8, 4) is 0 Å². The minimum Gasteiger partial charge on any atom is -0.322 e. The molecule has 0 aliphatic carbocycles. The lowest BCUT2D eigenvalue weighted by atomic mass is 10.2. The van der Waals surface area contributed by atoms with Crippen LogP contribution in [0.1, 0.15) is 16.1 Å². The third kappa shape index (κ3) is 3.57. The van der Waals surface area contributed by atoms with Crippen LogP contribution in [0.4, 0.5) is 18.9 Å². The zero-order valence-corrected chi connectivity index (χ0v) is 11.5. The number of anilines is 1. The molecule has 3 nitrogen and oxygen atoms in total. The Hall–Kier alpha value is -1.89. The molecule has 104 valence electrons. The van der Waals surface area contributed by atoms with Crippen LogP contribution >= 0.6 is 15.9 Å². The van der Waals surface area contributed by atoms with E-state index in [0.29, 0.717) is 5.69 Å². The third-order valence-corrected chi connectivity index (χ3v) is 2.89. The van der Waals surface area contributed by atoms with Crippen molar-refractivity contribution in [1.29, 1.82) is 0 Å². The number of hydrogen-bond acceptors (Lipinski definition) is 2. The molecule has 0 fully saturated rings. The van der Waals surface area contributed by atoms with E-state index in [1.54, 1.807) is 24.3 Å². The van der Waals surface area contributed by atoms with Gasteiger partial charge in [-0.15, -0.1) is 0 Å². The van der Waals surface area contributed by atoms with Gasteiger partial charge >= 0.3 is 6.18 Å². The zero-order chi connectivity index (χ0) is 14.8. The van der Waals surface area contributed by atoms with E-state index in [-0.39, 0.29) is 5.56 Å². The lowest BCUT2D eigenvalue weighted by molar-refractivity contribution is -0.141. The SMILES string of the molecule is O=C(Nc1cccc(Br)c1)c1ccc(C(F)(F)F)nc1. The van der Waals surface area contributed by atoms with Crippen molar-refractivity contribution in [2.45, 2.75) is 6.18 Å². The van der Waals surface area contributed by atoms with Gasteiger partial charge in [0.1, 0.15) is 5.69 Å². The van der Waals surface area contributed by atoms with Crippen molar-refractivity contribution < 1.29 is 18.0 Å². The first-order valence-electron chi connectivity index (χ1n) is 5.46. The van der Waals surface area contributed by atoms with E-state index in [1.165, 1.54) is 0 Å². The van der Waals surface area contributed by atoms with Gasteiger partial charge < -0.3 is 5.32 Å². The fourth-order valence-electron chi connectivity index (χ4n) is 1.47. The van der Waals surface area contributed by atoms with E-state index < -0.39 is 17.8 Å². The molecule has 7 heteroatoms. The molecule has 0 unspecified atom stereocenters. The number of benzene rings is 1. The first-order valence-corrected chi connectivity index (χ1v) is 6.26. The van der Waals surface area contributed by atoms with E-state index in [9.17, 15) is 18.0 Å². The molecule has 1 N–H and O–H groups in total. The summed E-state index contributed by atoms with van der Waals surface area (Å²) in [7, 11) is 0. The highest BCUT2D eigenvalue weighted by Gasteiger charge is 2.32. The summed E-state index contributed by atoms with van der Waals surface area (Å²) in [6.07, 6.45) is -3.62. The van der Waals surface area contributed by atoms with E-state index >= 15 is 0 Å². The Balaban J connectivity index is 2.14. The normalized spacial score (nSPS) is 11.2. The van der Waals surface area contributed by atoms with Crippen molar-refractivity contribution in [3.63, 3.8) is 0 Å². The number of carbonyl (C=O) groups excluding carboxylic acids is 1. The van der Waals surface area contributed by atoms with E-state index in [1.807, 2.05) is 0 Å². The first-order chi connectivity index (χ1) is 9.36. The van der Waals surface area contributed by atoms with Gasteiger partial charge in [-0.05, 0) is 30.3 Å². The molecule has 0 radical (unpaired) electrons. The van der Waals surface area contributed by atoms with Gasteiger partial charge in [-0.3, -0.25) is 9.78 Å². The predicted molar refractivity (Wildman–Crippen MR) is 71.3 cm³/mol. The van der Waals surface area contributed by atoms with E-state index in [4.69, 9.17) is 0 Å². The zero-order valence-electron chi connectivity index (χ0n) is 9.91. The molecular weight excluding hydrogens is 337 g/mol. The minimum absolute atomic E-state index is 0.0537. The van der Waals surface area contributed by atoms with Gasteiger partial charge in [-0.2, -0.15) is 13.2 Å². The quantitative estimate of drug-likeness (QED) is 0.890. The average Bonchev–Trinajstić information content (AvgIpc) is 2.38. The van der Waals surface area contributed by atoms with Crippen LogP contribution in [0.15, 0.2) is 47.1 Å². The summed E-state index contributed by atoms with van der Waals surface area (Å²) in [5.41, 5.74) is -0.446. The summed E-state index contributed by atoms with van der Waals surface area (Å²) in [5.74, 6) is -0.524. The number of carbonyl (C=O) groups is 1. The Morgan fingerprint density at radius 3 is 2.50 bits per heavy atom. The highest BCUT2D eigenvalue weighted by molar-refractivity contribution is 9.10. The number of halogens is 4. The molecule has 1 amide bonds. The summed E-state index contributed by atoms with van der Waals surface area (Å²) in [4.78, 5) is 15.1. The van der Waals surface area contributed by atoms with Gasteiger partial charge in [0.25, 0.3) is 5.91 Å².